The van der Waals surface area contributed by atoms with E-state index >= 15 is 0 Å². The molecule has 11 heavy (non-hydrogen) atoms. The minimum atomic E-state index is 0.340. The summed E-state index contributed by atoms with van der Waals surface area (Å²) in [5, 5.41) is 0. The molecule has 0 N–H and O–H groups in total. The first-order valence-electron chi connectivity index (χ1n) is 3.34. The van der Waals surface area contributed by atoms with E-state index in [0.717, 1.165) is 20.2 Å². The van der Waals surface area contributed by atoms with Gasteiger partial charge in [0.1, 0.15) is 0 Å². The van der Waals surface area contributed by atoms with Gasteiger partial charge in [0.15, 0.2) is 0 Å². The maximum atomic E-state index is 5.26. The average molecular weight is 207 g/mol. The summed E-state index contributed by atoms with van der Waals surface area (Å²) in [4.78, 5) is 0. The first-order chi connectivity index (χ1) is 5.29. The summed E-state index contributed by atoms with van der Waals surface area (Å²) in [6.07, 6.45) is 0. The maximum absolute atomic E-state index is 5.26. The molecule has 0 aliphatic carbocycles. The second-order valence-corrected chi connectivity index (χ2v) is 3.26. The van der Waals surface area contributed by atoms with Crippen molar-refractivity contribution in [3.8, 4) is 11.5 Å². The van der Waals surface area contributed by atoms with Crippen LogP contribution in [-0.4, -0.2) is 24.5 Å². The molecule has 0 bridgehead atoms. The van der Waals surface area contributed by atoms with Gasteiger partial charge in [-0.2, -0.15) is 0 Å². The van der Waals surface area contributed by atoms with Crippen LogP contribution >= 0.6 is 15.9 Å². The Morgan fingerprint density at radius 2 is 2.18 bits per heavy atom. The molecule has 0 spiro atoms. The zero-order chi connectivity index (χ0) is 7.84. The van der Waals surface area contributed by atoms with Gasteiger partial charge in [-0.1, -0.05) is 0 Å². The summed E-state index contributed by atoms with van der Waals surface area (Å²) >= 11 is 5.41. The van der Waals surface area contributed by atoms with Crippen LogP contribution in [-0.2, 0) is 0 Å². The second-order valence-electron chi connectivity index (χ2n) is 2.41. The number of halogens is 1. The van der Waals surface area contributed by atoms with E-state index in [2.05, 4.69) is 15.9 Å². The standard InChI is InChI=1S/C7H4BrO2.Li/c8-5-1-2-6-7(3-5)10-4-9-6;/h1-2H,4H2;. The van der Waals surface area contributed by atoms with Crippen LogP contribution in [0.3, 0.4) is 0 Å². The van der Waals surface area contributed by atoms with Crippen LogP contribution in [0.2, 0.25) is 0 Å². The van der Waals surface area contributed by atoms with Gasteiger partial charge in [-0.25, -0.2) is 0 Å². The van der Waals surface area contributed by atoms with Gasteiger partial charge in [-0.05, 0) is 0 Å². The summed E-state index contributed by atoms with van der Waals surface area (Å²) in [6, 6.07) is 3.86. The number of hydrogen-bond donors (Lipinski definition) is 0. The molecule has 0 unspecified atom stereocenters. The van der Waals surface area contributed by atoms with Crippen molar-refractivity contribution in [2.75, 3.05) is 6.79 Å². The van der Waals surface area contributed by atoms with Crippen LogP contribution in [0.5, 0.6) is 11.5 Å². The molecule has 1 aromatic rings. The molecule has 0 fully saturated rings. The van der Waals surface area contributed by atoms with Crippen molar-refractivity contribution in [2.45, 2.75) is 0 Å². The fourth-order valence-electron chi connectivity index (χ4n) is 1.09. The second kappa shape index (κ2) is 2.74. The van der Waals surface area contributed by atoms with Gasteiger partial charge in [0.25, 0.3) is 0 Å². The van der Waals surface area contributed by atoms with Crippen LogP contribution in [0, 0.1) is 0 Å². The fraction of sp³-hybridized carbons (Fsp3) is 0.143. The van der Waals surface area contributed by atoms with Crippen molar-refractivity contribution in [2.24, 2.45) is 0 Å². The number of rotatable bonds is 0. The van der Waals surface area contributed by atoms with Gasteiger partial charge in [-0.15, -0.1) is 0 Å². The quantitative estimate of drug-likeness (QED) is 0.590. The molecular formula is C7H4BrLiO2. The third-order valence-electron chi connectivity index (χ3n) is 1.72. The Balaban J connectivity index is 2.62. The topological polar surface area (TPSA) is 18.5 Å². The number of ether oxygens (including phenoxy) is 2. The zero-order valence-electron chi connectivity index (χ0n) is 6.06. The Labute approximate surface area is 82.2 Å². The summed E-state index contributed by atoms with van der Waals surface area (Å²) in [5.41, 5.74) is 0. The van der Waals surface area contributed by atoms with Crippen LogP contribution in [0.15, 0.2) is 16.6 Å². The van der Waals surface area contributed by atoms with Gasteiger partial charge < -0.3 is 0 Å². The van der Waals surface area contributed by atoms with Crippen molar-refractivity contribution in [1.82, 2.24) is 0 Å². The Bertz CT molecular complexity index is 301. The van der Waals surface area contributed by atoms with Crippen LogP contribution in [0.4, 0.5) is 0 Å². The van der Waals surface area contributed by atoms with E-state index < -0.39 is 0 Å². The van der Waals surface area contributed by atoms with Crippen molar-refractivity contribution in [1.29, 1.82) is 0 Å². The summed E-state index contributed by atoms with van der Waals surface area (Å²) in [6.45, 7) is 0.340. The molecular weight excluding hydrogens is 203 g/mol. The van der Waals surface area contributed by atoms with E-state index in [4.69, 9.17) is 9.47 Å². The molecule has 0 saturated carbocycles. The van der Waals surface area contributed by atoms with Crippen molar-refractivity contribution < 1.29 is 9.47 Å². The predicted octanol–water partition coefficient (Wildman–Crippen LogP) is 0.972. The zero-order valence-corrected chi connectivity index (χ0v) is 7.64. The molecule has 52 valence electrons. The molecule has 0 radical (unpaired) electrons. The molecule has 1 aliphatic rings. The van der Waals surface area contributed by atoms with Gasteiger partial charge in [0.05, 0.1) is 0 Å². The minimum absolute atomic E-state index is 0.340. The Kier molecular flexibility index (Phi) is 1.88. The van der Waals surface area contributed by atoms with E-state index in [1.807, 2.05) is 29.8 Å². The van der Waals surface area contributed by atoms with Crippen molar-refractivity contribution >= 4 is 37.9 Å². The fourth-order valence-corrected chi connectivity index (χ4v) is 1.40. The summed E-state index contributed by atoms with van der Waals surface area (Å²) < 4.78 is 12.6. The van der Waals surface area contributed by atoms with Gasteiger partial charge in [-0.3, -0.25) is 0 Å². The van der Waals surface area contributed by atoms with Crippen molar-refractivity contribution in [3.05, 3.63) is 16.6 Å². The molecule has 1 aliphatic heterocycles. The van der Waals surface area contributed by atoms with E-state index in [9.17, 15) is 0 Å². The first-order valence-corrected chi connectivity index (χ1v) is 4.13. The number of fused-ring (bicyclic) bond motifs is 1. The number of benzene rings is 1. The van der Waals surface area contributed by atoms with E-state index in [1.54, 1.807) is 0 Å². The van der Waals surface area contributed by atoms with Crippen LogP contribution in [0.1, 0.15) is 0 Å². The van der Waals surface area contributed by atoms with Gasteiger partial charge in [0.2, 0.25) is 0 Å². The molecule has 2 nitrogen and oxygen atoms in total. The molecule has 1 heterocycles. The summed E-state index contributed by atoms with van der Waals surface area (Å²) in [7, 11) is 0. The first kappa shape index (κ1) is 7.54. The van der Waals surface area contributed by atoms with E-state index in [-0.39, 0.29) is 0 Å². The van der Waals surface area contributed by atoms with Crippen molar-refractivity contribution in [3.63, 3.8) is 0 Å². The monoisotopic (exact) mass is 206 g/mol. The van der Waals surface area contributed by atoms with E-state index in [1.165, 1.54) is 0 Å². The predicted molar refractivity (Wildman–Crippen MR) is 45.7 cm³/mol. The van der Waals surface area contributed by atoms with Crippen LogP contribution in [0.25, 0.3) is 0 Å². The number of hydrogen-bond acceptors (Lipinski definition) is 2. The third-order valence-corrected chi connectivity index (χ3v) is 2.58. The Morgan fingerprint density at radius 3 is 3.00 bits per heavy atom. The van der Waals surface area contributed by atoms with Crippen LogP contribution < -0.4 is 13.7 Å². The Hall–Kier alpha value is -0.103. The average Bonchev–Trinajstić information content (AvgIpc) is 2.45. The van der Waals surface area contributed by atoms with Gasteiger partial charge in [0, 0.05) is 0 Å². The molecule has 2 rings (SSSR count). The normalized spacial score (nSPS) is 13.7. The molecule has 0 saturated heterocycles. The molecule has 4 heteroatoms. The summed E-state index contributed by atoms with van der Waals surface area (Å²) in [5.74, 6) is 1.70. The molecule has 0 aromatic heterocycles. The third kappa shape index (κ3) is 1.18. The molecule has 0 atom stereocenters. The Morgan fingerprint density at radius 1 is 1.36 bits per heavy atom. The molecule has 1 aromatic carbocycles. The molecule has 0 amide bonds. The SMILES string of the molecule is [Li][c]1c(Br)ccc2c1OCO2. The van der Waals surface area contributed by atoms with Gasteiger partial charge >= 0.3 is 82.3 Å². The van der Waals surface area contributed by atoms with E-state index in [0.29, 0.717) is 6.79 Å².